The van der Waals surface area contributed by atoms with Gasteiger partial charge in [0, 0.05) is 5.57 Å². The fraction of sp³-hybridized carbons (Fsp3) is 0.300. The molecule has 0 unspecified atom stereocenters. The third-order valence-electron chi connectivity index (χ3n) is 1.59. The van der Waals surface area contributed by atoms with E-state index >= 15 is 0 Å². The molecule has 4 heteroatoms. The van der Waals surface area contributed by atoms with Gasteiger partial charge in [-0.15, -0.1) is 0 Å². The van der Waals surface area contributed by atoms with E-state index in [0.29, 0.717) is 17.9 Å². The molecule has 76 valence electrons. The Bertz CT molecular complexity index is 352. The van der Waals surface area contributed by atoms with Crippen molar-refractivity contribution < 1.29 is 13.9 Å². The van der Waals surface area contributed by atoms with E-state index in [1.807, 2.05) is 0 Å². The maximum absolute atomic E-state index is 11.2. The van der Waals surface area contributed by atoms with E-state index in [1.54, 1.807) is 32.3 Å². The van der Waals surface area contributed by atoms with Crippen molar-refractivity contribution in [2.75, 3.05) is 6.61 Å². The van der Waals surface area contributed by atoms with Crippen LogP contribution >= 0.6 is 15.9 Å². The number of halogens is 1. The number of carbonyl (C=O) groups excluding carboxylic acids is 1. The molecule has 0 saturated heterocycles. The van der Waals surface area contributed by atoms with Crippen molar-refractivity contribution in [1.29, 1.82) is 0 Å². The summed E-state index contributed by atoms with van der Waals surface area (Å²) in [7, 11) is 0. The molecule has 0 aliphatic carbocycles. The van der Waals surface area contributed by atoms with E-state index < -0.39 is 0 Å². The lowest BCUT2D eigenvalue weighted by Crippen LogP contribution is -2.04. The number of ether oxygens (including phenoxy) is 1. The highest BCUT2D eigenvalue weighted by atomic mass is 79.9. The van der Waals surface area contributed by atoms with Gasteiger partial charge in [-0.2, -0.15) is 0 Å². The van der Waals surface area contributed by atoms with E-state index in [1.165, 1.54) is 0 Å². The molecular weight excluding hydrogens is 248 g/mol. The summed E-state index contributed by atoms with van der Waals surface area (Å²) >= 11 is 3.29. The molecule has 0 atom stereocenters. The van der Waals surface area contributed by atoms with Crippen LogP contribution in [0.2, 0.25) is 0 Å². The van der Waals surface area contributed by atoms with Gasteiger partial charge >= 0.3 is 5.97 Å². The molecule has 0 spiro atoms. The average molecular weight is 259 g/mol. The summed E-state index contributed by atoms with van der Waals surface area (Å²) in [5.74, 6) is 0.298. The van der Waals surface area contributed by atoms with E-state index in [4.69, 9.17) is 9.15 Å². The van der Waals surface area contributed by atoms with Crippen LogP contribution < -0.4 is 0 Å². The van der Waals surface area contributed by atoms with E-state index in [-0.39, 0.29) is 5.97 Å². The normalized spacial score (nSPS) is 11.5. The Kier molecular flexibility index (Phi) is 3.95. The molecule has 14 heavy (non-hydrogen) atoms. The number of rotatable bonds is 3. The Hall–Kier alpha value is -1.03. The molecule has 0 fully saturated rings. The van der Waals surface area contributed by atoms with Crippen LogP contribution in [0.5, 0.6) is 0 Å². The summed E-state index contributed by atoms with van der Waals surface area (Å²) in [5.41, 5.74) is 0.516. The minimum atomic E-state index is -0.323. The number of esters is 1. The molecule has 1 rings (SSSR count). The van der Waals surface area contributed by atoms with Gasteiger partial charge < -0.3 is 9.15 Å². The standard InChI is InChI=1S/C10H11BrO3/c1-3-13-10(12)7(2)6-9-8(11)4-5-14-9/h4-6H,3H2,1-2H3/b7-6+. The lowest BCUT2D eigenvalue weighted by Gasteiger charge is -2.00. The smallest absolute Gasteiger partial charge is 0.333 e. The Balaban J connectivity index is 2.78. The van der Waals surface area contributed by atoms with Crippen molar-refractivity contribution in [1.82, 2.24) is 0 Å². The SMILES string of the molecule is CCOC(=O)/C(C)=C/c1occc1Br. The van der Waals surface area contributed by atoms with Gasteiger partial charge in [-0.05, 0) is 41.9 Å². The highest BCUT2D eigenvalue weighted by Gasteiger charge is 2.07. The van der Waals surface area contributed by atoms with Crippen molar-refractivity contribution in [3.05, 3.63) is 28.1 Å². The van der Waals surface area contributed by atoms with Crippen LogP contribution in [0.1, 0.15) is 19.6 Å². The van der Waals surface area contributed by atoms with Gasteiger partial charge in [-0.1, -0.05) is 0 Å². The van der Waals surface area contributed by atoms with Gasteiger partial charge in [0.15, 0.2) is 0 Å². The predicted octanol–water partition coefficient (Wildman–Crippen LogP) is 3.01. The summed E-state index contributed by atoms with van der Waals surface area (Å²) in [6.45, 7) is 3.84. The lowest BCUT2D eigenvalue weighted by molar-refractivity contribution is -0.138. The minimum Gasteiger partial charge on any atom is -0.464 e. The van der Waals surface area contributed by atoms with Gasteiger partial charge in [-0.3, -0.25) is 0 Å². The third kappa shape index (κ3) is 2.73. The summed E-state index contributed by atoms with van der Waals surface area (Å²) in [6.07, 6.45) is 3.19. The van der Waals surface area contributed by atoms with Gasteiger partial charge in [0.2, 0.25) is 0 Å². The van der Waals surface area contributed by atoms with E-state index in [2.05, 4.69) is 15.9 Å². The molecule has 3 nitrogen and oxygen atoms in total. The topological polar surface area (TPSA) is 39.4 Å². The summed E-state index contributed by atoms with van der Waals surface area (Å²) < 4.78 is 10.8. The number of hydrogen-bond acceptors (Lipinski definition) is 3. The van der Waals surface area contributed by atoms with Crippen molar-refractivity contribution >= 4 is 28.0 Å². The molecule has 0 N–H and O–H groups in total. The Morgan fingerprint density at radius 3 is 2.93 bits per heavy atom. The molecule has 0 radical (unpaired) electrons. The molecule has 1 heterocycles. The molecular formula is C10H11BrO3. The number of hydrogen-bond donors (Lipinski definition) is 0. The second-order valence-corrected chi connectivity index (χ2v) is 3.53. The highest BCUT2D eigenvalue weighted by molar-refractivity contribution is 9.10. The fourth-order valence-corrected chi connectivity index (χ4v) is 1.22. The Morgan fingerprint density at radius 1 is 1.71 bits per heavy atom. The molecule has 0 saturated carbocycles. The number of furan rings is 1. The first-order chi connectivity index (χ1) is 6.65. The zero-order valence-electron chi connectivity index (χ0n) is 8.04. The summed E-state index contributed by atoms with van der Waals surface area (Å²) in [6, 6.07) is 1.77. The maximum atomic E-state index is 11.2. The molecule has 0 aliphatic rings. The average Bonchev–Trinajstić information content (AvgIpc) is 2.52. The van der Waals surface area contributed by atoms with Gasteiger partial charge in [-0.25, -0.2) is 4.79 Å². The first-order valence-electron chi connectivity index (χ1n) is 4.23. The van der Waals surface area contributed by atoms with E-state index in [0.717, 1.165) is 4.47 Å². The minimum absolute atomic E-state index is 0.323. The second-order valence-electron chi connectivity index (χ2n) is 2.68. The molecule has 0 amide bonds. The quantitative estimate of drug-likeness (QED) is 0.618. The van der Waals surface area contributed by atoms with Crippen LogP contribution in [-0.4, -0.2) is 12.6 Å². The van der Waals surface area contributed by atoms with E-state index in [9.17, 15) is 4.79 Å². The van der Waals surface area contributed by atoms with Crippen LogP contribution in [0, 0.1) is 0 Å². The molecule has 0 bridgehead atoms. The molecule has 1 aromatic heterocycles. The second kappa shape index (κ2) is 5.00. The first-order valence-corrected chi connectivity index (χ1v) is 5.03. The van der Waals surface area contributed by atoms with Gasteiger partial charge in [0.25, 0.3) is 0 Å². The first kappa shape index (κ1) is 11.0. The van der Waals surface area contributed by atoms with Crippen LogP contribution in [0.4, 0.5) is 0 Å². The van der Waals surface area contributed by atoms with Crippen LogP contribution in [-0.2, 0) is 9.53 Å². The largest absolute Gasteiger partial charge is 0.464 e. The van der Waals surface area contributed by atoms with Crippen LogP contribution in [0.15, 0.2) is 26.8 Å². The van der Waals surface area contributed by atoms with Crippen molar-refractivity contribution in [2.45, 2.75) is 13.8 Å². The highest BCUT2D eigenvalue weighted by Crippen LogP contribution is 2.20. The third-order valence-corrected chi connectivity index (χ3v) is 2.24. The summed E-state index contributed by atoms with van der Waals surface area (Å²) in [4.78, 5) is 11.2. The van der Waals surface area contributed by atoms with Crippen molar-refractivity contribution in [3.8, 4) is 0 Å². The van der Waals surface area contributed by atoms with Crippen molar-refractivity contribution in [3.63, 3.8) is 0 Å². The monoisotopic (exact) mass is 258 g/mol. The molecule has 0 aromatic carbocycles. The molecule has 0 aliphatic heterocycles. The predicted molar refractivity (Wildman–Crippen MR) is 56.7 cm³/mol. The van der Waals surface area contributed by atoms with Gasteiger partial charge in [0.05, 0.1) is 17.3 Å². The lowest BCUT2D eigenvalue weighted by atomic mass is 10.2. The maximum Gasteiger partial charge on any atom is 0.333 e. The Morgan fingerprint density at radius 2 is 2.43 bits per heavy atom. The molecule has 1 aromatic rings. The Labute approximate surface area is 90.9 Å². The zero-order valence-corrected chi connectivity index (χ0v) is 9.63. The zero-order chi connectivity index (χ0) is 10.6. The van der Waals surface area contributed by atoms with Crippen LogP contribution in [0.3, 0.4) is 0 Å². The van der Waals surface area contributed by atoms with Crippen molar-refractivity contribution in [2.24, 2.45) is 0 Å². The fourth-order valence-electron chi connectivity index (χ4n) is 0.909. The number of carbonyl (C=O) groups is 1. The van der Waals surface area contributed by atoms with Gasteiger partial charge in [0.1, 0.15) is 5.76 Å². The summed E-state index contributed by atoms with van der Waals surface area (Å²) in [5, 5.41) is 0. The van der Waals surface area contributed by atoms with Crippen LogP contribution in [0.25, 0.3) is 6.08 Å².